The number of hydrogen-bond donors (Lipinski definition) is 1. The lowest BCUT2D eigenvalue weighted by molar-refractivity contribution is 0.0697. The highest BCUT2D eigenvalue weighted by atomic mass is 16.4. The van der Waals surface area contributed by atoms with E-state index in [9.17, 15) is 4.79 Å². The lowest BCUT2D eigenvalue weighted by Crippen LogP contribution is -2.29. The number of pyridine rings is 1. The minimum absolute atomic E-state index is 0.301. The Bertz CT molecular complexity index is 659. The first-order valence-corrected chi connectivity index (χ1v) is 7.62. The number of likely N-dealkylation sites (tertiary alicyclic amines) is 1. The molecule has 0 atom stereocenters. The van der Waals surface area contributed by atoms with E-state index in [0.717, 1.165) is 24.3 Å². The van der Waals surface area contributed by atoms with E-state index in [4.69, 9.17) is 5.11 Å². The van der Waals surface area contributed by atoms with Crippen LogP contribution >= 0.6 is 0 Å². The summed E-state index contributed by atoms with van der Waals surface area (Å²) in [5.74, 6) is -0.309. The van der Waals surface area contributed by atoms with Crippen LogP contribution < -0.4 is 0 Å². The molecule has 0 unspecified atom stereocenters. The summed E-state index contributed by atoms with van der Waals surface area (Å²) >= 11 is 0. The van der Waals surface area contributed by atoms with Crippen LogP contribution in [0.1, 0.15) is 34.7 Å². The molecule has 4 heteroatoms. The molecule has 4 nitrogen and oxygen atoms in total. The zero-order valence-corrected chi connectivity index (χ0v) is 12.7. The molecule has 0 spiro atoms. The summed E-state index contributed by atoms with van der Waals surface area (Å²) in [7, 11) is 2.16. The van der Waals surface area contributed by atoms with Crippen molar-refractivity contribution in [2.45, 2.75) is 18.8 Å². The number of aromatic carboxylic acids is 1. The number of carbonyl (C=O) groups is 1. The molecule has 1 saturated heterocycles. The zero-order valence-electron chi connectivity index (χ0n) is 12.7. The van der Waals surface area contributed by atoms with E-state index in [1.807, 2.05) is 18.3 Å². The summed E-state index contributed by atoms with van der Waals surface area (Å²) in [5, 5.41) is 8.96. The van der Waals surface area contributed by atoms with Crippen LogP contribution in [0.5, 0.6) is 0 Å². The van der Waals surface area contributed by atoms with Crippen molar-refractivity contribution in [2.24, 2.45) is 0 Å². The smallest absolute Gasteiger partial charge is 0.335 e. The monoisotopic (exact) mass is 296 g/mol. The molecule has 1 fully saturated rings. The lowest BCUT2D eigenvalue weighted by Gasteiger charge is -2.29. The number of piperidine rings is 1. The number of carboxylic acids is 1. The second kappa shape index (κ2) is 6.28. The topological polar surface area (TPSA) is 53.4 Å². The van der Waals surface area contributed by atoms with E-state index in [1.54, 1.807) is 12.1 Å². The molecule has 3 rings (SSSR count). The molecule has 1 aliphatic rings. The molecule has 0 saturated carbocycles. The van der Waals surface area contributed by atoms with E-state index in [1.165, 1.54) is 18.4 Å². The Hall–Kier alpha value is -2.20. The molecule has 1 aromatic heterocycles. The predicted octanol–water partition coefficient (Wildman–Crippen LogP) is 3.26. The maximum atomic E-state index is 10.9. The van der Waals surface area contributed by atoms with Gasteiger partial charge < -0.3 is 10.0 Å². The maximum absolute atomic E-state index is 10.9. The Kier molecular flexibility index (Phi) is 4.20. The Balaban J connectivity index is 1.83. The van der Waals surface area contributed by atoms with E-state index in [2.05, 4.69) is 29.1 Å². The number of nitrogens with zero attached hydrogens (tertiary/aromatic N) is 2. The van der Waals surface area contributed by atoms with Crippen LogP contribution in [0.3, 0.4) is 0 Å². The molecule has 2 aromatic rings. The predicted molar refractivity (Wildman–Crippen MR) is 86.1 cm³/mol. The quantitative estimate of drug-likeness (QED) is 0.944. The average molecular weight is 296 g/mol. The number of carboxylic acid groups (broad SMARTS) is 1. The van der Waals surface area contributed by atoms with Crippen LogP contribution in [0.4, 0.5) is 0 Å². The molecule has 0 aliphatic carbocycles. The highest BCUT2D eigenvalue weighted by Crippen LogP contribution is 2.29. The standard InChI is InChI=1S/C18H20N2O2/c1-20-10-7-13(8-11-20)16-6-9-19-17(12-16)14-2-4-15(5-3-14)18(21)22/h2-6,9,12-13H,7-8,10-11H2,1H3,(H,21,22). The summed E-state index contributed by atoms with van der Waals surface area (Å²) in [6.07, 6.45) is 4.21. The van der Waals surface area contributed by atoms with Gasteiger partial charge in [0.1, 0.15) is 0 Å². The van der Waals surface area contributed by atoms with Crippen LogP contribution in [-0.4, -0.2) is 41.1 Å². The molecule has 1 aliphatic heterocycles. The number of rotatable bonds is 3. The number of benzene rings is 1. The fourth-order valence-electron chi connectivity index (χ4n) is 2.98. The zero-order chi connectivity index (χ0) is 15.5. The van der Waals surface area contributed by atoms with Crippen LogP contribution in [0.25, 0.3) is 11.3 Å². The van der Waals surface area contributed by atoms with Crippen molar-refractivity contribution in [3.63, 3.8) is 0 Å². The Labute approximate surface area is 130 Å². The third-order valence-corrected chi connectivity index (χ3v) is 4.40. The molecular formula is C18H20N2O2. The van der Waals surface area contributed by atoms with Crippen molar-refractivity contribution in [1.82, 2.24) is 9.88 Å². The van der Waals surface area contributed by atoms with Crippen molar-refractivity contribution in [2.75, 3.05) is 20.1 Å². The molecular weight excluding hydrogens is 276 g/mol. The van der Waals surface area contributed by atoms with Crippen molar-refractivity contribution >= 4 is 5.97 Å². The fourth-order valence-corrected chi connectivity index (χ4v) is 2.98. The van der Waals surface area contributed by atoms with Gasteiger partial charge in [-0.3, -0.25) is 4.98 Å². The maximum Gasteiger partial charge on any atom is 0.335 e. The summed E-state index contributed by atoms with van der Waals surface area (Å²) in [6.45, 7) is 2.27. The van der Waals surface area contributed by atoms with Crippen molar-refractivity contribution in [3.8, 4) is 11.3 Å². The Morgan fingerprint density at radius 3 is 2.50 bits per heavy atom. The minimum atomic E-state index is -0.903. The molecule has 0 bridgehead atoms. The van der Waals surface area contributed by atoms with Crippen LogP contribution in [0.2, 0.25) is 0 Å². The Morgan fingerprint density at radius 2 is 1.86 bits per heavy atom. The van der Waals surface area contributed by atoms with Gasteiger partial charge in [0, 0.05) is 11.8 Å². The second-order valence-corrected chi connectivity index (χ2v) is 5.93. The van der Waals surface area contributed by atoms with Gasteiger partial charge in [-0.2, -0.15) is 0 Å². The van der Waals surface area contributed by atoms with Gasteiger partial charge in [0.05, 0.1) is 11.3 Å². The third kappa shape index (κ3) is 3.17. The molecule has 114 valence electrons. The van der Waals surface area contributed by atoms with Crippen molar-refractivity contribution in [3.05, 3.63) is 53.7 Å². The summed E-state index contributed by atoms with van der Waals surface area (Å²) in [4.78, 5) is 17.7. The van der Waals surface area contributed by atoms with Gasteiger partial charge in [-0.1, -0.05) is 12.1 Å². The van der Waals surface area contributed by atoms with Crippen molar-refractivity contribution in [1.29, 1.82) is 0 Å². The molecule has 1 N–H and O–H groups in total. The van der Waals surface area contributed by atoms with Crippen molar-refractivity contribution < 1.29 is 9.90 Å². The van der Waals surface area contributed by atoms with Gasteiger partial charge in [0.2, 0.25) is 0 Å². The highest BCUT2D eigenvalue weighted by molar-refractivity contribution is 5.88. The van der Waals surface area contributed by atoms with Crippen LogP contribution in [-0.2, 0) is 0 Å². The third-order valence-electron chi connectivity index (χ3n) is 4.40. The average Bonchev–Trinajstić information content (AvgIpc) is 2.56. The van der Waals surface area contributed by atoms with Crippen LogP contribution in [0, 0.1) is 0 Å². The van der Waals surface area contributed by atoms with Gasteiger partial charge in [-0.05, 0) is 68.7 Å². The summed E-state index contributed by atoms with van der Waals surface area (Å²) < 4.78 is 0. The molecule has 1 aromatic carbocycles. The normalized spacial score (nSPS) is 16.6. The molecule has 2 heterocycles. The molecule has 22 heavy (non-hydrogen) atoms. The lowest BCUT2D eigenvalue weighted by atomic mass is 9.89. The van der Waals surface area contributed by atoms with Crippen LogP contribution in [0.15, 0.2) is 42.6 Å². The SMILES string of the molecule is CN1CCC(c2ccnc(-c3ccc(C(=O)O)cc3)c2)CC1. The van der Waals surface area contributed by atoms with E-state index in [-0.39, 0.29) is 0 Å². The minimum Gasteiger partial charge on any atom is -0.478 e. The van der Waals surface area contributed by atoms with E-state index < -0.39 is 5.97 Å². The van der Waals surface area contributed by atoms with Gasteiger partial charge in [-0.25, -0.2) is 4.79 Å². The van der Waals surface area contributed by atoms with Gasteiger partial charge in [-0.15, -0.1) is 0 Å². The molecule has 0 amide bonds. The van der Waals surface area contributed by atoms with E-state index in [0.29, 0.717) is 11.5 Å². The Morgan fingerprint density at radius 1 is 1.18 bits per heavy atom. The van der Waals surface area contributed by atoms with Gasteiger partial charge in [0.25, 0.3) is 0 Å². The molecule has 0 radical (unpaired) electrons. The highest BCUT2D eigenvalue weighted by Gasteiger charge is 2.18. The van der Waals surface area contributed by atoms with Gasteiger partial charge >= 0.3 is 5.97 Å². The fraction of sp³-hybridized carbons (Fsp3) is 0.333. The van der Waals surface area contributed by atoms with E-state index >= 15 is 0 Å². The van der Waals surface area contributed by atoms with Gasteiger partial charge in [0.15, 0.2) is 0 Å². The summed E-state index contributed by atoms with van der Waals surface area (Å²) in [5.41, 5.74) is 3.50. The first-order chi connectivity index (χ1) is 10.6. The summed E-state index contributed by atoms with van der Waals surface area (Å²) in [6, 6.07) is 11.1. The largest absolute Gasteiger partial charge is 0.478 e. The first-order valence-electron chi connectivity index (χ1n) is 7.62. The second-order valence-electron chi connectivity index (χ2n) is 5.93. The first kappa shape index (κ1) is 14.7. The number of aromatic nitrogens is 1. The number of hydrogen-bond acceptors (Lipinski definition) is 3.